The van der Waals surface area contributed by atoms with Crippen LogP contribution in [-0.2, 0) is 17.4 Å². The summed E-state index contributed by atoms with van der Waals surface area (Å²) in [6.45, 7) is 3.43. The molecule has 10 heteroatoms. The molecule has 0 saturated heterocycles. The summed E-state index contributed by atoms with van der Waals surface area (Å²) in [5.41, 5.74) is -0.604. The number of aromatic nitrogens is 4. The van der Waals surface area contributed by atoms with Crippen LogP contribution < -0.4 is 0 Å². The number of halogens is 3. The molecule has 0 unspecified atom stereocenters. The lowest BCUT2D eigenvalue weighted by Gasteiger charge is -2.20. The van der Waals surface area contributed by atoms with E-state index in [2.05, 4.69) is 15.3 Å². The molecule has 0 fully saturated rings. The summed E-state index contributed by atoms with van der Waals surface area (Å²) in [4.78, 5) is 10.8. The van der Waals surface area contributed by atoms with E-state index < -0.39 is 23.4 Å². The summed E-state index contributed by atoms with van der Waals surface area (Å²) >= 11 is 0.973. The van der Waals surface area contributed by atoms with Crippen molar-refractivity contribution in [2.24, 2.45) is 5.41 Å². The fraction of sp³-hybridized carbons (Fsp3) is 0.600. The van der Waals surface area contributed by atoms with Gasteiger partial charge in [-0.1, -0.05) is 25.2 Å². The van der Waals surface area contributed by atoms with E-state index in [4.69, 9.17) is 5.11 Å². The molecule has 0 amide bonds. The van der Waals surface area contributed by atoms with Crippen molar-refractivity contribution in [3.8, 4) is 0 Å². The standard InChI is InChI=1S/C10H11F3N4O2S/c1-9(2,4-6(18)19)3-5-16-17-7(10(11,12)13)14-15-8(17)20-5/h3-4H2,1-2H3,(H,18,19). The number of carboxylic acid groups (broad SMARTS) is 1. The number of rotatable bonds is 4. The molecule has 0 bridgehead atoms. The third kappa shape index (κ3) is 3.06. The van der Waals surface area contributed by atoms with Gasteiger partial charge in [-0.3, -0.25) is 4.79 Å². The second kappa shape index (κ2) is 4.69. The zero-order valence-electron chi connectivity index (χ0n) is 10.6. The number of hydrogen-bond acceptors (Lipinski definition) is 5. The van der Waals surface area contributed by atoms with E-state index in [0.717, 1.165) is 11.3 Å². The first-order chi connectivity index (χ1) is 9.08. The molecule has 0 spiro atoms. The number of hydrogen-bond donors (Lipinski definition) is 1. The highest BCUT2D eigenvalue weighted by Gasteiger charge is 2.38. The van der Waals surface area contributed by atoms with Crippen molar-refractivity contribution >= 4 is 22.3 Å². The Bertz CT molecular complexity index is 646. The smallest absolute Gasteiger partial charge is 0.453 e. The average Bonchev–Trinajstić information content (AvgIpc) is 2.70. The quantitative estimate of drug-likeness (QED) is 0.937. The summed E-state index contributed by atoms with van der Waals surface area (Å²) in [7, 11) is 0. The van der Waals surface area contributed by atoms with Crippen LogP contribution in [0.2, 0.25) is 0 Å². The first kappa shape index (κ1) is 14.7. The predicted octanol–water partition coefficient (Wildman–Crippen LogP) is 2.25. The largest absolute Gasteiger partial charge is 0.481 e. The van der Waals surface area contributed by atoms with Gasteiger partial charge in [0.25, 0.3) is 5.82 Å². The number of carbonyl (C=O) groups is 1. The van der Waals surface area contributed by atoms with Gasteiger partial charge in [-0.05, 0) is 5.41 Å². The van der Waals surface area contributed by atoms with Gasteiger partial charge in [-0.25, -0.2) is 0 Å². The molecule has 2 aromatic rings. The number of aliphatic carboxylic acids is 1. The number of carboxylic acids is 1. The van der Waals surface area contributed by atoms with Crippen LogP contribution in [0.5, 0.6) is 0 Å². The molecule has 20 heavy (non-hydrogen) atoms. The Kier molecular flexibility index (Phi) is 3.44. The molecule has 0 saturated carbocycles. The van der Waals surface area contributed by atoms with Crippen LogP contribution in [0.25, 0.3) is 4.96 Å². The van der Waals surface area contributed by atoms with Crippen LogP contribution in [0.4, 0.5) is 13.2 Å². The second-order valence-corrected chi connectivity index (χ2v) is 6.16. The zero-order valence-corrected chi connectivity index (χ0v) is 11.4. The molecule has 0 aliphatic heterocycles. The Morgan fingerprint density at radius 3 is 2.55 bits per heavy atom. The van der Waals surface area contributed by atoms with Crippen molar-refractivity contribution in [1.29, 1.82) is 0 Å². The highest BCUT2D eigenvalue weighted by atomic mass is 32.1. The van der Waals surface area contributed by atoms with Crippen LogP contribution in [0.1, 0.15) is 31.1 Å². The summed E-state index contributed by atoms with van der Waals surface area (Å²) in [5.74, 6) is -2.14. The van der Waals surface area contributed by atoms with Crippen LogP contribution in [0.3, 0.4) is 0 Å². The van der Waals surface area contributed by atoms with Gasteiger partial charge < -0.3 is 5.11 Å². The van der Waals surface area contributed by atoms with Gasteiger partial charge >= 0.3 is 12.1 Å². The van der Waals surface area contributed by atoms with Crippen molar-refractivity contribution < 1.29 is 23.1 Å². The molecule has 110 valence electrons. The fourth-order valence-corrected chi connectivity index (χ4v) is 2.88. The maximum Gasteiger partial charge on any atom is 0.453 e. The highest BCUT2D eigenvalue weighted by molar-refractivity contribution is 7.16. The van der Waals surface area contributed by atoms with Gasteiger partial charge in [0, 0.05) is 6.42 Å². The number of alkyl halides is 3. The van der Waals surface area contributed by atoms with Gasteiger partial charge in [0.05, 0.1) is 6.42 Å². The van der Waals surface area contributed by atoms with Crippen molar-refractivity contribution in [2.75, 3.05) is 0 Å². The van der Waals surface area contributed by atoms with Crippen molar-refractivity contribution in [3.63, 3.8) is 0 Å². The van der Waals surface area contributed by atoms with Crippen molar-refractivity contribution in [3.05, 3.63) is 10.8 Å². The average molecular weight is 308 g/mol. The summed E-state index contributed by atoms with van der Waals surface area (Å²) in [6.07, 6.45) is -4.47. The molecule has 0 aromatic carbocycles. The third-order valence-corrected chi connectivity index (χ3v) is 3.44. The van der Waals surface area contributed by atoms with Crippen molar-refractivity contribution in [1.82, 2.24) is 19.8 Å². The van der Waals surface area contributed by atoms with E-state index in [-0.39, 0.29) is 17.8 Å². The fourth-order valence-electron chi connectivity index (χ4n) is 1.79. The van der Waals surface area contributed by atoms with Gasteiger partial charge in [0.15, 0.2) is 0 Å². The zero-order chi connectivity index (χ0) is 15.1. The minimum Gasteiger partial charge on any atom is -0.481 e. The van der Waals surface area contributed by atoms with E-state index in [1.807, 2.05) is 0 Å². The third-order valence-electron chi connectivity index (χ3n) is 2.55. The van der Waals surface area contributed by atoms with Gasteiger partial charge in [-0.15, -0.1) is 10.2 Å². The van der Waals surface area contributed by atoms with E-state index in [1.165, 1.54) is 0 Å². The highest BCUT2D eigenvalue weighted by Crippen LogP contribution is 2.31. The molecular weight excluding hydrogens is 297 g/mol. The second-order valence-electron chi connectivity index (χ2n) is 5.12. The molecule has 2 rings (SSSR count). The van der Waals surface area contributed by atoms with Crippen LogP contribution in [-0.4, -0.2) is 30.9 Å². The minimum absolute atomic E-state index is 0.0402. The molecule has 6 nitrogen and oxygen atoms in total. The van der Waals surface area contributed by atoms with E-state index >= 15 is 0 Å². The maximum absolute atomic E-state index is 12.6. The SMILES string of the molecule is CC(C)(CC(=O)O)Cc1nn2c(C(F)(F)F)nnc2s1. The van der Waals surface area contributed by atoms with E-state index in [0.29, 0.717) is 9.52 Å². The normalized spacial score (nSPS) is 13.1. The molecule has 0 aliphatic carbocycles. The Labute approximate surface area is 115 Å². The van der Waals surface area contributed by atoms with Crippen LogP contribution in [0.15, 0.2) is 0 Å². The Morgan fingerprint density at radius 2 is 2.00 bits per heavy atom. The number of fused-ring (bicyclic) bond motifs is 1. The first-order valence-corrected chi connectivity index (χ1v) is 6.40. The Morgan fingerprint density at radius 1 is 1.35 bits per heavy atom. The molecule has 2 heterocycles. The number of nitrogens with zero attached hydrogens (tertiary/aromatic N) is 4. The Hall–Kier alpha value is -1.71. The lowest BCUT2D eigenvalue weighted by molar-refractivity contribution is -0.146. The molecule has 0 aliphatic rings. The van der Waals surface area contributed by atoms with E-state index in [1.54, 1.807) is 13.8 Å². The molecule has 2 aromatic heterocycles. The minimum atomic E-state index is -4.62. The van der Waals surface area contributed by atoms with Crippen molar-refractivity contribution in [2.45, 2.75) is 32.9 Å². The van der Waals surface area contributed by atoms with Gasteiger partial charge in [-0.2, -0.15) is 22.8 Å². The lowest BCUT2D eigenvalue weighted by atomic mass is 9.86. The maximum atomic E-state index is 12.6. The van der Waals surface area contributed by atoms with Crippen LogP contribution in [0, 0.1) is 5.41 Å². The Balaban J connectivity index is 2.29. The topological polar surface area (TPSA) is 80.4 Å². The lowest BCUT2D eigenvalue weighted by Crippen LogP contribution is -2.20. The van der Waals surface area contributed by atoms with Gasteiger partial charge in [0.1, 0.15) is 5.01 Å². The summed E-state index contributed by atoms with van der Waals surface area (Å²) < 4.78 is 38.6. The molecule has 0 radical (unpaired) electrons. The summed E-state index contributed by atoms with van der Waals surface area (Å²) in [5, 5.41) is 19.5. The molecule has 1 N–H and O–H groups in total. The summed E-state index contributed by atoms with van der Waals surface area (Å²) in [6, 6.07) is 0. The van der Waals surface area contributed by atoms with Crippen LogP contribution >= 0.6 is 11.3 Å². The predicted molar refractivity (Wildman–Crippen MR) is 63.4 cm³/mol. The molecular formula is C10H11F3N4O2S. The molecule has 0 atom stereocenters. The van der Waals surface area contributed by atoms with Gasteiger partial charge in [0.2, 0.25) is 4.96 Å². The monoisotopic (exact) mass is 308 g/mol. The first-order valence-electron chi connectivity index (χ1n) is 5.59. The van der Waals surface area contributed by atoms with E-state index in [9.17, 15) is 18.0 Å².